The van der Waals surface area contributed by atoms with Crippen LogP contribution < -0.4 is 5.32 Å². The number of carbonyl (C=O) groups excluding carboxylic acids is 4. The average molecular weight is 453 g/mol. The molecule has 1 N–H and O–H groups in total. The van der Waals surface area contributed by atoms with Crippen LogP contribution in [0.15, 0.2) is 60.7 Å². The summed E-state index contributed by atoms with van der Waals surface area (Å²) in [5, 5.41) is 2.37. The third kappa shape index (κ3) is 5.97. The molecule has 8 nitrogen and oxygen atoms in total. The lowest BCUT2D eigenvalue weighted by Gasteiger charge is -2.29. The third-order valence-electron chi connectivity index (χ3n) is 4.98. The summed E-state index contributed by atoms with van der Waals surface area (Å²) in [5.74, 6) is -4.97. The number of carbonyl (C=O) groups is 4. The van der Waals surface area contributed by atoms with Crippen LogP contribution in [0, 0.1) is 5.92 Å². The summed E-state index contributed by atoms with van der Waals surface area (Å²) in [6, 6.07) is 17.8. The first-order chi connectivity index (χ1) is 15.6. The van der Waals surface area contributed by atoms with Crippen LogP contribution in [0.3, 0.4) is 0 Å². The summed E-state index contributed by atoms with van der Waals surface area (Å²) in [7, 11) is 0. The number of hydrogen-bond donors (Lipinski definition) is 1. The van der Waals surface area contributed by atoms with Gasteiger partial charge in [0.25, 0.3) is 0 Å². The van der Waals surface area contributed by atoms with Crippen molar-refractivity contribution >= 4 is 23.8 Å². The van der Waals surface area contributed by atoms with Crippen molar-refractivity contribution in [1.82, 2.24) is 5.32 Å². The summed E-state index contributed by atoms with van der Waals surface area (Å²) < 4.78 is 16.0. The maximum absolute atomic E-state index is 13.1. The fraction of sp³-hybridized carbons (Fsp3) is 0.360. The quantitative estimate of drug-likeness (QED) is 0.390. The first-order valence-corrected chi connectivity index (χ1v) is 10.6. The van der Waals surface area contributed by atoms with Gasteiger partial charge in [0.05, 0.1) is 0 Å². The highest BCUT2D eigenvalue weighted by Crippen LogP contribution is 2.31. The van der Waals surface area contributed by atoms with Gasteiger partial charge in [0.15, 0.2) is 0 Å². The molecule has 3 rings (SSSR count). The van der Waals surface area contributed by atoms with E-state index in [2.05, 4.69) is 5.32 Å². The highest BCUT2D eigenvalue weighted by molar-refractivity contribution is 6.14. The van der Waals surface area contributed by atoms with Crippen molar-refractivity contribution in [2.24, 2.45) is 5.92 Å². The molecule has 2 aromatic rings. The van der Waals surface area contributed by atoms with Crippen molar-refractivity contribution in [2.45, 2.75) is 51.5 Å². The predicted octanol–water partition coefficient (Wildman–Crippen LogP) is 2.69. The molecule has 1 amide bonds. The van der Waals surface area contributed by atoms with Crippen molar-refractivity contribution < 1.29 is 33.4 Å². The van der Waals surface area contributed by atoms with Gasteiger partial charge in [0.1, 0.15) is 24.7 Å². The van der Waals surface area contributed by atoms with E-state index in [1.54, 1.807) is 69.3 Å². The molecule has 0 bridgehead atoms. The molecule has 0 aromatic heterocycles. The Kier molecular flexibility index (Phi) is 7.16. The lowest BCUT2D eigenvalue weighted by molar-refractivity contribution is -0.174. The predicted molar refractivity (Wildman–Crippen MR) is 117 cm³/mol. The molecule has 2 aromatic carbocycles. The molecule has 1 aliphatic rings. The van der Waals surface area contributed by atoms with E-state index < -0.39 is 47.3 Å². The molecule has 0 spiro atoms. The fourth-order valence-electron chi connectivity index (χ4n) is 3.33. The largest absolute Gasteiger partial charge is 0.460 e. The molecule has 2 unspecified atom stereocenters. The van der Waals surface area contributed by atoms with Crippen LogP contribution in [0.25, 0.3) is 0 Å². The Labute approximate surface area is 192 Å². The number of nitrogens with one attached hydrogen (secondary N) is 1. The van der Waals surface area contributed by atoms with Crippen LogP contribution in [0.2, 0.25) is 0 Å². The van der Waals surface area contributed by atoms with E-state index in [1.807, 2.05) is 12.1 Å². The minimum atomic E-state index is -2.14. The lowest BCUT2D eigenvalue weighted by atomic mass is 9.92. The van der Waals surface area contributed by atoms with Crippen LogP contribution >= 0.6 is 0 Å². The van der Waals surface area contributed by atoms with Crippen LogP contribution in [0.1, 0.15) is 38.3 Å². The van der Waals surface area contributed by atoms with Crippen LogP contribution in [-0.2, 0) is 46.6 Å². The van der Waals surface area contributed by atoms with Gasteiger partial charge in [-0.2, -0.15) is 0 Å². The Hall–Kier alpha value is -3.68. The third-order valence-corrected chi connectivity index (χ3v) is 4.98. The molecule has 1 saturated heterocycles. The molecule has 8 heteroatoms. The minimum Gasteiger partial charge on any atom is -0.460 e. The van der Waals surface area contributed by atoms with Crippen molar-refractivity contribution in [3.63, 3.8) is 0 Å². The number of benzene rings is 2. The number of amides is 1. The van der Waals surface area contributed by atoms with Gasteiger partial charge in [-0.3, -0.25) is 9.59 Å². The number of rotatable bonds is 7. The first kappa shape index (κ1) is 24.0. The van der Waals surface area contributed by atoms with E-state index >= 15 is 0 Å². The van der Waals surface area contributed by atoms with Gasteiger partial charge in [-0.15, -0.1) is 0 Å². The van der Waals surface area contributed by atoms with E-state index in [0.717, 1.165) is 5.56 Å². The molecular formula is C25H27NO7. The van der Waals surface area contributed by atoms with E-state index in [4.69, 9.17) is 14.2 Å². The molecular weight excluding hydrogens is 426 g/mol. The Bertz CT molecular complexity index is 1010. The Morgan fingerprint density at radius 1 is 0.879 bits per heavy atom. The van der Waals surface area contributed by atoms with Crippen molar-refractivity contribution in [1.29, 1.82) is 0 Å². The SMILES string of the molecule is CC(C)(C)OC(=O)C1(C(=O)OCc2ccccc2)CC(C(=O)OCc2ccccc2)C(=O)N1. The van der Waals surface area contributed by atoms with Gasteiger partial charge in [-0.05, 0) is 31.9 Å². The van der Waals surface area contributed by atoms with Gasteiger partial charge in [-0.1, -0.05) is 60.7 Å². The second-order valence-corrected chi connectivity index (χ2v) is 8.81. The molecule has 174 valence electrons. The molecule has 33 heavy (non-hydrogen) atoms. The van der Waals surface area contributed by atoms with E-state index in [0.29, 0.717) is 5.56 Å². The normalized spacial score (nSPS) is 20.0. The van der Waals surface area contributed by atoms with E-state index in [9.17, 15) is 19.2 Å². The second-order valence-electron chi connectivity index (χ2n) is 8.81. The first-order valence-electron chi connectivity index (χ1n) is 10.6. The zero-order valence-electron chi connectivity index (χ0n) is 18.8. The monoisotopic (exact) mass is 453 g/mol. The maximum atomic E-state index is 13.1. The van der Waals surface area contributed by atoms with Crippen LogP contribution in [0.5, 0.6) is 0 Å². The molecule has 2 atom stereocenters. The smallest absolute Gasteiger partial charge is 0.344 e. The number of esters is 3. The summed E-state index contributed by atoms with van der Waals surface area (Å²) in [6.45, 7) is 4.76. The van der Waals surface area contributed by atoms with Gasteiger partial charge in [-0.25, -0.2) is 9.59 Å². The van der Waals surface area contributed by atoms with Gasteiger partial charge < -0.3 is 19.5 Å². The molecule has 0 radical (unpaired) electrons. The Balaban J connectivity index is 1.77. The molecule has 1 aliphatic heterocycles. The Morgan fingerprint density at radius 2 is 1.39 bits per heavy atom. The lowest BCUT2D eigenvalue weighted by Crippen LogP contribution is -2.58. The summed E-state index contributed by atoms with van der Waals surface area (Å²) in [6.07, 6.45) is -0.456. The van der Waals surface area contributed by atoms with E-state index in [1.165, 1.54) is 0 Å². The highest BCUT2D eigenvalue weighted by atomic mass is 16.6. The minimum absolute atomic E-state index is 0.0403. The summed E-state index contributed by atoms with van der Waals surface area (Å²) >= 11 is 0. The standard InChI is InChI=1S/C25H27NO7/c1-24(2,3)33-23(30)25(22(29)32-16-18-12-8-5-9-13-18)14-19(20(27)26-25)21(28)31-15-17-10-6-4-7-11-17/h4-13,19H,14-16H2,1-3H3,(H,26,27). The number of ether oxygens (including phenoxy) is 3. The molecule has 0 aliphatic carbocycles. The van der Waals surface area contributed by atoms with Crippen molar-refractivity contribution in [2.75, 3.05) is 0 Å². The Morgan fingerprint density at radius 3 is 1.91 bits per heavy atom. The van der Waals surface area contributed by atoms with Crippen molar-refractivity contribution in [3.05, 3.63) is 71.8 Å². The zero-order chi connectivity index (χ0) is 24.1. The average Bonchev–Trinajstić information content (AvgIpc) is 3.15. The van der Waals surface area contributed by atoms with Crippen molar-refractivity contribution in [3.8, 4) is 0 Å². The maximum Gasteiger partial charge on any atom is 0.344 e. The highest BCUT2D eigenvalue weighted by Gasteiger charge is 2.60. The number of hydrogen-bond acceptors (Lipinski definition) is 7. The molecule has 0 saturated carbocycles. The molecule has 1 heterocycles. The fourth-order valence-corrected chi connectivity index (χ4v) is 3.33. The second kappa shape index (κ2) is 9.85. The van der Waals surface area contributed by atoms with Crippen LogP contribution in [0.4, 0.5) is 0 Å². The topological polar surface area (TPSA) is 108 Å². The summed E-state index contributed by atoms with van der Waals surface area (Å²) in [5.41, 5.74) is -1.63. The van der Waals surface area contributed by atoms with Crippen LogP contribution in [-0.4, -0.2) is 35.0 Å². The van der Waals surface area contributed by atoms with E-state index in [-0.39, 0.29) is 13.2 Å². The van der Waals surface area contributed by atoms with Gasteiger partial charge >= 0.3 is 17.9 Å². The summed E-state index contributed by atoms with van der Waals surface area (Å²) in [4.78, 5) is 51.4. The van der Waals surface area contributed by atoms with Gasteiger partial charge in [0.2, 0.25) is 11.4 Å². The molecule has 1 fully saturated rings. The van der Waals surface area contributed by atoms with Gasteiger partial charge in [0, 0.05) is 6.42 Å². The zero-order valence-corrected chi connectivity index (χ0v) is 18.8.